The van der Waals surface area contributed by atoms with E-state index in [-0.39, 0.29) is 23.8 Å². The largest absolute Gasteiger partial charge is 0.507 e. The summed E-state index contributed by atoms with van der Waals surface area (Å²) < 4.78 is 5.40. The number of ether oxygens (including phenoxy) is 1. The van der Waals surface area contributed by atoms with E-state index in [2.05, 4.69) is 10.5 Å². The Balaban J connectivity index is 1.97. The SMILES string of the molecule is C/C(=N\NC(=O)c1ccccc1O)c1ccc(OCC(=O)N(C)C)cc1. The fourth-order valence-electron chi connectivity index (χ4n) is 1.99. The summed E-state index contributed by atoms with van der Waals surface area (Å²) in [6.45, 7) is 1.71. The summed E-state index contributed by atoms with van der Waals surface area (Å²) in [5.41, 5.74) is 3.94. The lowest BCUT2D eigenvalue weighted by Crippen LogP contribution is -2.27. The number of phenolic OH excluding ortho intramolecular Hbond substituents is 1. The van der Waals surface area contributed by atoms with E-state index in [4.69, 9.17) is 4.74 Å². The molecule has 0 fully saturated rings. The van der Waals surface area contributed by atoms with Crippen molar-refractivity contribution >= 4 is 17.5 Å². The number of carbonyl (C=O) groups is 2. The molecule has 0 heterocycles. The van der Waals surface area contributed by atoms with Crippen molar-refractivity contribution in [2.75, 3.05) is 20.7 Å². The van der Waals surface area contributed by atoms with Crippen LogP contribution >= 0.6 is 0 Å². The first-order valence-electron chi connectivity index (χ1n) is 7.94. The van der Waals surface area contributed by atoms with Crippen LogP contribution in [0.15, 0.2) is 53.6 Å². The first kappa shape index (κ1) is 19.0. The third-order valence-electron chi connectivity index (χ3n) is 3.61. The van der Waals surface area contributed by atoms with Crippen molar-refractivity contribution in [3.63, 3.8) is 0 Å². The van der Waals surface area contributed by atoms with E-state index in [1.54, 1.807) is 57.4 Å². The minimum atomic E-state index is -0.496. The topological polar surface area (TPSA) is 91.2 Å². The lowest BCUT2D eigenvalue weighted by molar-refractivity contribution is -0.130. The number of hydrogen-bond donors (Lipinski definition) is 2. The van der Waals surface area contributed by atoms with Gasteiger partial charge in [-0.25, -0.2) is 5.43 Å². The average molecular weight is 355 g/mol. The van der Waals surface area contributed by atoms with Crippen LogP contribution in [-0.2, 0) is 4.79 Å². The maximum absolute atomic E-state index is 12.0. The Labute approximate surface area is 151 Å². The van der Waals surface area contributed by atoms with Gasteiger partial charge < -0.3 is 14.7 Å². The lowest BCUT2D eigenvalue weighted by atomic mass is 10.1. The molecule has 2 rings (SSSR count). The zero-order valence-corrected chi connectivity index (χ0v) is 14.9. The molecule has 0 atom stereocenters. The fraction of sp³-hybridized carbons (Fsp3) is 0.211. The third kappa shape index (κ3) is 5.07. The summed E-state index contributed by atoms with van der Waals surface area (Å²) in [4.78, 5) is 25.0. The Kier molecular flexibility index (Phi) is 6.32. The maximum Gasteiger partial charge on any atom is 0.275 e. The van der Waals surface area contributed by atoms with Crippen LogP contribution in [0.1, 0.15) is 22.8 Å². The summed E-state index contributed by atoms with van der Waals surface area (Å²) in [5, 5.41) is 13.7. The number of phenols is 1. The number of hydrazone groups is 1. The van der Waals surface area contributed by atoms with Crippen molar-refractivity contribution in [1.82, 2.24) is 10.3 Å². The van der Waals surface area contributed by atoms with E-state index in [0.717, 1.165) is 5.56 Å². The van der Waals surface area contributed by atoms with Crippen LogP contribution in [0, 0.1) is 0 Å². The molecule has 7 nitrogen and oxygen atoms in total. The lowest BCUT2D eigenvalue weighted by Gasteiger charge is -2.11. The smallest absolute Gasteiger partial charge is 0.275 e. The van der Waals surface area contributed by atoms with Gasteiger partial charge in [-0.2, -0.15) is 5.10 Å². The highest BCUT2D eigenvalue weighted by molar-refractivity contribution is 6.01. The van der Waals surface area contributed by atoms with Gasteiger partial charge in [-0.3, -0.25) is 9.59 Å². The Morgan fingerprint density at radius 2 is 1.77 bits per heavy atom. The van der Waals surface area contributed by atoms with Gasteiger partial charge in [-0.1, -0.05) is 12.1 Å². The van der Waals surface area contributed by atoms with E-state index >= 15 is 0 Å². The predicted octanol–water partition coefficient (Wildman–Crippen LogP) is 2.01. The van der Waals surface area contributed by atoms with Crippen LogP contribution < -0.4 is 10.2 Å². The van der Waals surface area contributed by atoms with Crippen LogP contribution in [0.3, 0.4) is 0 Å². The Morgan fingerprint density at radius 1 is 1.12 bits per heavy atom. The van der Waals surface area contributed by atoms with E-state index < -0.39 is 5.91 Å². The Hall–Kier alpha value is -3.35. The number of aromatic hydroxyl groups is 1. The zero-order valence-electron chi connectivity index (χ0n) is 14.9. The molecule has 0 aromatic heterocycles. The number of carbonyl (C=O) groups excluding carboxylic acids is 2. The molecule has 2 N–H and O–H groups in total. The van der Waals surface area contributed by atoms with Crippen molar-refractivity contribution in [2.24, 2.45) is 5.10 Å². The minimum absolute atomic E-state index is 0.0317. The van der Waals surface area contributed by atoms with Crippen LogP contribution in [0.4, 0.5) is 0 Å². The van der Waals surface area contributed by atoms with Crippen LogP contribution in [0.2, 0.25) is 0 Å². The third-order valence-corrected chi connectivity index (χ3v) is 3.61. The Bertz CT molecular complexity index is 814. The van der Waals surface area contributed by atoms with Crippen molar-refractivity contribution in [3.8, 4) is 11.5 Å². The van der Waals surface area contributed by atoms with Gasteiger partial charge in [-0.15, -0.1) is 0 Å². The van der Waals surface area contributed by atoms with E-state index in [1.165, 1.54) is 17.0 Å². The second-order valence-electron chi connectivity index (χ2n) is 5.76. The number of nitrogens with one attached hydrogen (secondary N) is 1. The quantitative estimate of drug-likeness (QED) is 0.613. The minimum Gasteiger partial charge on any atom is -0.507 e. The van der Waals surface area contributed by atoms with Gasteiger partial charge in [0.05, 0.1) is 11.3 Å². The number of rotatable bonds is 6. The maximum atomic E-state index is 12.0. The molecule has 7 heteroatoms. The van der Waals surface area contributed by atoms with Gasteiger partial charge in [0.1, 0.15) is 11.5 Å². The zero-order chi connectivity index (χ0) is 19.1. The normalized spacial score (nSPS) is 11.0. The number of para-hydroxylation sites is 1. The molecule has 0 radical (unpaired) electrons. The number of benzene rings is 2. The molecule has 0 aliphatic rings. The number of likely N-dealkylation sites (N-methyl/N-ethyl adjacent to an activating group) is 1. The van der Waals surface area contributed by atoms with Crippen LogP contribution in [0.25, 0.3) is 0 Å². The molecule has 0 saturated heterocycles. The predicted molar refractivity (Wildman–Crippen MR) is 98.4 cm³/mol. The van der Waals surface area contributed by atoms with Crippen molar-refractivity contribution in [3.05, 3.63) is 59.7 Å². The summed E-state index contributed by atoms with van der Waals surface area (Å²) in [5.74, 6) is -0.162. The number of hydrogen-bond acceptors (Lipinski definition) is 5. The van der Waals surface area contributed by atoms with E-state index in [0.29, 0.717) is 11.5 Å². The molecular formula is C19H21N3O4. The molecule has 0 saturated carbocycles. The molecule has 2 aromatic rings. The average Bonchev–Trinajstić information content (AvgIpc) is 2.64. The van der Waals surface area contributed by atoms with Gasteiger partial charge in [0.15, 0.2) is 6.61 Å². The summed E-state index contributed by atoms with van der Waals surface area (Å²) in [7, 11) is 3.33. The van der Waals surface area contributed by atoms with Gasteiger partial charge in [-0.05, 0) is 48.9 Å². The monoisotopic (exact) mass is 355 g/mol. The molecule has 0 bridgehead atoms. The second-order valence-corrected chi connectivity index (χ2v) is 5.76. The van der Waals surface area contributed by atoms with Crippen molar-refractivity contribution in [1.29, 1.82) is 0 Å². The highest BCUT2D eigenvalue weighted by atomic mass is 16.5. The van der Waals surface area contributed by atoms with Crippen LogP contribution in [-0.4, -0.2) is 48.2 Å². The number of nitrogens with zero attached hydrogens (tertiary/aromatic N) is 2. The van der Waals surface area contributed by atoms with Gasteiger partial charge in [0, 0.05) is 14.1 Å². The summed E-state index contributed by atoms with van der Waals surface area (Å²) in [6.07, 6.45) is 0. The first-order chi connectivity index (χ1) is 12.4. The van der Waals surface area contributed by atoms with Crippen LogP contribution in [0.5, 0.6) is 11.5 Å². The second kappa shape index (κ2) is 8.66. The molecular weight excluding hydrogens is 334 g/mol. The Morgan fingerprint density at radius 3 is 2.38 bits per heavy atom. The highest BCUT2D eigenvalue weighted by Gasteiger charge is 2.09. The molecule has 136 valence electrons. The van der Waals surface area contributed by atoms with Gasteiger partial charge in [0.25, 0.3) is 11.8 Å². The van der Waals surface area contributed by atoms with Crippen molar-refractivity contribution in [2.45, 2.75) is 6.92 Å². The highest BCUT2D eigenvalue weighted by Crippen LogP contribution is 2.15. The standard InChI is InChI=1S/C19H21N3O4/c1-13(20-21-19(25)16-6-4-5-7-17(16)23)14-8-10-15(11-9-14)26-12-18(24)22(2)3/h4-11,23H,12H2,1-3H3,(H,21,25)/b20-13+. The fourth-order valence-corrected chi connectivity index (χ4v) is 1.99. The molecule has 0 spiro atoms. The van der Waals surface area contributed by atoms with Crippen molar-refractivity contribution < 1.29 is 19.4 Å². The number of amides is 2. The first-order valence-corrected chi connectivity index (χ1v) is 7.94. The van der Waals surface area contributed by atoms with E-state index in [9.17, 15) is 14.7 Å². The molecule has 0 aliphatic heterocycles. The molecule has 2 aromatic carbocycles. The summed E-state index contributed by atoms with van der Waals surface area (Å²) >= 11 is 0. The molecule has 26 heavy (non-hydrogen) atoms. The van der Waals surface area contributed by atoms with E-state index in [1.807, 2.05) is 0 Å². The van der Waals surface area contributed by atoms with Gasteiger partial charge in [0.2, 0.25) is 0 Å². The summed E-state index contributed by atoms with van der Waals surface area (Å²) in [6, 6.07) is 13.2. The molecule has 0 aliphatic carbocycles. The molecule has 0 unspecified atom stereocenters. The van der Waals surface area contributed by atoms with Gasteiger partial charge >= 0.3 is 0 Å². The molecule has 2 amide bonds.